The SMILES string of the molecule is CCCCC(CC)C(=O)OCCO[Si](C)(C)C(C)(C)C. The van der Waals surface area contributed by atoms with Crippen LogP contribution in [0.2, 0.25) is 18.1 Å². The topological polar surface area (TPSA) is 35.5 Å². The first kappa shape index (κ1) is 19.6. The molecule has 0 aromatic carbocycles. The molecule has 0 saturated heterocycles. The minimum Gasteiger partial charge on any atom is -0.463 e. The Labute approximate surface area is 126 Å². The van der Waals surface area contributed by atoms with Gasteiger partial charge in [-0.3, -0.25) is 4.79 Å². The first-order valence-electron chi connectivity index (χ1n) is 7.96. The number of hydrogen-bond acceptors (Lipinski definition) is 3. The predicted molar refractivity (Wildman–Crippen MR) is 87.4 cm³/mol. The van der Waals surface area contributed by atoms with E-state index in [1.54, 1.807) is 0 Å². The highest BCUT2D eigenvalue weighted by Gasteiger charge is 2.36. The summed E-state index contributed by atoms with van der Waals surface area (Å²) in [7, 11) is -1.72. The van der Waals surface area contributed by atoms with E-state index in [1.807, 2.05) is 6.92 Å². The molecule has 0 bridgehead atoms. The van der Waals surface area contributed by atoms with Crippen molar-refractivity contribution >= 4 is 14.3 Å². The van der Waals surface area contributed by atoms with E-state index in [-0.39, 0.29) is 16.9 Å². The average Bonchev–Trinajstić information content (AvgIpc) is 2.34. The fourth-order valence-electron chi connectivity index (χ4n) is 1.71. The second-order valence-corrected chi connectivity index (χ2v) is 11.8. The third-order valence-electron chi connectivity index (χ3n) is 4.33. The van der Waals surface area contributed by atoms with Crippen LogP contribution in [-0.2, 0) is 14.0 Å². The van der Waals surface area contributed by atoms with Gasteiger partial charge in [-0.2, -0.15) is 0 Å². The lowest BCUT2D eigenvalue weighted by Gasteiger charge is -2.36. The highest BCUT2D eigenvalue weighted by Crippen LogP contribution is 2.36. The van der Waals surface area contributed by atoms with Gasteiger partial charge in [-0.25, -0.2) is 0 Å². The van der Waals surface area contributed by atoms with E-state index in [0.717, 1.165) is 25.7 Å². The molecule has 0 rings (SSSR count). The largest absolute Gasteiger partial charge is 0.463 e. The van der Waals surface area contributed by atoms with E-state index in [9.17, 15) is 4.79 Å². The van der Waals surface area contributed by atoms with Crippen molar-refractivity contribution in [3.05, 3.63) is 0 Å². The molecule has 0 fully saturated rings. The van der Waals surface area contributed by atoms with Crippen LogP contribution in [0, 0.1) is 5.92 Å². The summed E-state index contributed by atoms with van der Waals surface area (Å²) < 4.78 is 11.4. The Morgan fingerprint density at radius 3 is 2.20 bits per heavy atom. The Kier molecular flexibility index (Phi) is 8.67. The summed E-state index contributed by atoms with van der Waals surface area (Å²) in [6.45, 7) is 16.2. The average molecular weight is 303 g/mol. The Bertz CT molecular complexity index is 282. The minimum atomic E-state index is -1.72. The molecule has 1 unspecified atom stereocenters. The van der Waals surface area contributed by atoms with Crippen molar-refractivity contribution in [2.24, 2.45) is 5.92 Å². The van der Waals surface area contributed by atoms with E-state index in [0.29, 0.717) is 13.2 Å². The normalized spacial score (nSPS) is 14.2. The van der Waals surface area contributed by atoms with Crippen LogP contribution < -0.4 is 0 Å². The molecular formula is C16H34O3Si. The Morgan fingerprint density at radius 2 is 1.75 bits per heavy atom. The first-order chi connectivity index (χ1) is 9.15. The summed E-state index contributed by atoms with van der Waals surface area (Å²) in [5.74, 6) is 0.00241. The molecule has 0 aliphatic carbocycles. The number of carbonyl (C=O) groups is 1. The molecule has 0 aromatic rings. The van der Waals surface area contributed by atoms with Crippen LogP contribution in [0.3, 0.4) is 0 Å². The maximum absolute atomic E-state index is 11.9. The van der Waals surface area contributed by atoms with E-state index >= 15 is 0 Å². The van der Waals surface area contributed by atoms with Gasteiger partial charge in [0.05, 0.1) is 12.5 Å². The quantitative estimate of drug-likeness (QED) is 0.350. The summed E-state index contributed by atoms with van der Waals surface area (Å²) in [6, 6.07) is 0. The van der Waals surface area contributed by atoms with Crippen molar-refractivity contribution in [1.29, 1.82) is 0 Å². The third-order valence-corrected chi connectivity index (χ3v) is 8.87. The molecule has 1 atom stereocenters. The van der Waals surface area contributed by atoms with Gasteiger partial charge in [-0.05, 0) is 31.0 Å². The number of unbranched alkanes of at least 4 members (excludes halogenated alkanes) is 1. The van der Waals surface area contributed by atoms with Gasteiger partial charge >= 0.3 is 5.97 Å². The fourth-order valence-corrected chi connectivity index (χ4v) is 2.74. The molecular weight excluding hydrogens is 268 g/mol. The molecule has 0 aliphatic rings. The number of rotatable bonds is 9. The van der Waals surface area contributed by atoms with E-state index < -0.39 is 8.32 Å². The summed E-state index contributed by atoms with van der Waals surface area (Å²) in [4.78, 5) is 11.9. The molecule has 0 radical (unpaired) electrons. The van der Waals surface area contributed by atoms with Crippen LogP contribution >= 0.6 is 0 Å². The fraction of sp³-hybridized carbons (Fsp3) is 0.938. The van der Waals surface area contributed by atoms with Crippen LogP contribution in [0.25, 0.3) is 0 Å². The second-order valence-electron chi connectivity index (χ2n) is 7.02. The molecule has 0 aliphatic heterocycles. The molecule has 120 valence electrons. The number of ether oxygens (including phenoxy) is 1. The molecule has 20 heavy (non-hydrogen) atoms. The molecule has 0 spiro atoms. The van der Waals surface area contributed by atoms with Gasteiger partial charge in [0.25, 0.3) is 0 Å². The van der Waals surface area contributed by atoms with E-state index in [1.165, 1.54) is 0 Å². The molecule has 0 saturated carbocycles. The monoisotopic (exact) mass is 302 g/mol. The van der Waals surface area contributed by atoms with Crippen molar-refractivity contribution in [3.8, 4) is 0 Å². The number of carbonyl (C=O) groups excluding carboxylic acids is 1. The van der Waals surface area contributed by atoms with Crippen molar-refractivity contribution in [2.75, 3.05) is 13.2 Å². The van der Waals surface area contributed by atoms with E-state index in [2.05, 4.69) is 40.8 Å². The molecule has 4 heteroatoms. The van der Waals surface area contributed by atoms with Crippen LogP contribution in [0.1, 0.15) is 60.3 Å². The smallest absolute Gasteiger partial charge is 0.308 e. The van der Waals surface area contributed by atoms with E-state index in [4.69, 9.17) is 9.16 Å². The van der Waals surface area contributed by atoms with Crippen molar-refractivity contribution in [1.82, 2.24) is 0 Å². The number of esters is 1. The van der Waals surface area contributed by atoms with Crippen LogP contribution in [-0.4, -0.2) is 27.5 Å². The van der Waals surface area contributed by atoms with Crippen LogP contribution in [0.5, 0.6) is 0 Å². The zero-order valence-electron chi connectivity index (χ0n) is 14.5. The first-order valence-corrected chi connectivity index (χ1v) is 10.9. The summed E-state index contributed by atoms with van der Waals surface area (Å²) >= 11 is 0. The van der Waals surface area contributed by atoms with Crippen molar-refractivity contribution < 1.29 is 14.0 Å². The van der Waals surface area contributed by atoms with Crippen LogP contribution in [0.4, 0.5) is 0 Å². The van der Waals surface area contributed by atoms with Gasteiger partial charge in [0, 0.05) is 0 Å². The third kappa shape index (κ3) is 6.89. The summed E-state index contributed by atoms with van der Waals surface area (Å²) in [6.07, 6.45) is 4.02. The zero-order valence-corrected chi connectivity index (χ0v) is 15.5. The minimum absolute atomic E-state index is 0.0558. The van der Waals surface area contributed by atoms with Gasteiger partial charge in [0.1, 0.15) is 6.61 Å². The summed E-state index contributed by atoms with van der Waals surface area (Å²) in [5.41, 5.74) is 0. The maximum Gasteiger partial charge on any atom is 0.308 e. The lowest BCUT2D eigenvalue weighted by molar-refractivity contribution is -0.149. The molecule has 3 nitrogen and oxygen atoms in total. The van der Waals surface area contributed by atoms with Crippen molar-refractivity contribution in [3.63, 3.8) is 0 Å². The van der Waals surface area contributed by atoms with Gasteiger partial charge in [-0.1, -0.05) is 47.5 Å². The number of hydrogen-bond donors (Lipinski definition) is 0. The van der Waals surface area contributed by atoms with Gasteiger partial charge in [0.15, 0.2) is 8.32 Å². The lowest BCUT2D eigenvalue weighted by Crippen LogP contribution is -2.41. The Balaban J connectivity index is 4.03. The van der Waals surface area contributed by atoms with Crippen LogP contribution in [0.15, 0.2) is 0 Å². The second kappa shape index (κ2) is 8.83. The summed E-state index contributed by atoms with van der Waals surface area (Å²) in [5, 5.41) is 0.199. The maximum atomic E-state index is 11.9. The molecule has 0 N–H and O–H groups in total. The Morgan fingerprint density at radius 1 is 1.15 bits per heavy atom. The molecule has 0 amide bonds. The molecule has 0 aromatic heterocycles. The zero-order chi connectivity index (χ0) is 15.8. The van der Waals surface area contributed by atoms with Gasteiger partial charge in [-0.15, -0.1) is 0 Å². The standard InChI is InChI=1S/C16H34O3Si/c1-8-10-11-14(9-2)15(17)18-12-13-19-20(6,7)16(3,4)5/h14H,8-13H2,1-7H3. The Hall–Kier alpha value is -0.353. The highest BCUT2D eigenvalue weighted by atomic mass is 28.4. The predicted octanol–water partition coefficient (Wildman–Crippen LogP) is 4.77. The van der Waals surface area contributed by atoms with Crippen molar-refractivity contribution in [2.45, 2.75) is 78.4 Å². The lowest BCUT2D eigenvalue weighted by atomic mass is 10.00. The highest BCUT2D eigenvalue weighted by molar-refractivity contribution is 6.74. The molecule has 0 heterocycles. The van der Waals surface area contributed by atoms with Gasteiger partial charge < -0.3 is 9.16 Å². The van der Waals surface area contributed by atoms with Gasteiger partial charge in [0.2, 0.25) is 0 Å².